The van der Waals surface area contributed by atoms with Crippen LogP contribution in [0.2, 0.25) is 0 Å². The zero-order chi connectivity index (χ0) is 12.8. The second-order valence-electron chi connectivity index (χ2n) is 4.86. The largest absolute Gasteiger partial charge is 0.492 e. The summed E-state index contributed by atoms with van der Waals surface area (Å²) < 4.78 is 5.78. The molecule has 1 aromatic rings. The summed E-state index contributed by atoms with van der Waals surface area (Å²) in [5.41, 5.74) is 1.31. The summed E-state index contributed by atoms with van der Waals surface area (Å²) in [6.45, 7) is 5.11. The summed E-state index contributed by atoms with van der Waals surface area (Å²) >= 11 is 0. The van der Waals surface area contributed by atoms with Gasteiger partial charge in [0.25, 0.3) is 0 Å². The lowest BCUT2D eigenvalue weighted by Crippen LogP contribution is -2.35. The molecule has 0 bridgehead atoms. The van der Waals surface area contributed by atoms with Crippen LogP contribution in [0, 0.1) is 0 Å². The normalized spacial score (nSPS) is 20.2. The van der Waals surface area contributed by atoms with E-state index in [0.717, 1.165) is 31.7 Å². The second kappa shape index (κ2) is 6.76. The Labute approximate surface area is 109 Å². The monoisotopic (exact) mass is 249 g/mol. The summed E-state index contributed by atoms with van der Waals surface area (Å²) in [5.74, 6) is 0.953. The van der Waals surface area contributed by atoms with E-state index in [1.54, 1.807) is 0 Å². The lowest BCUT2D eigenvalue weighted by Gasteiger charge is -2.22. The van der Waals surface area contributed by atoms with Gasteiger partial charge in [-0.3, -0.25) is 4.90 Å². The van der Waals surface area contributed by atoms with Crippen molar-refractivity contribution in [2.45, 2.75) is 32.2 Å². The minimum Gasteiger partial charge on any atom is -0.492 e. The fraction of sp³-hybridized carbons (Fsp3) is 0.600. The molecule has 0 aromatic heterocycles. The quantitative estimate of drug-likeness (QED) is 0.838. The predicted octanol–water partition coefficient (Wildman–Crippen LogP) is 2.08. The van der Waals surface area contributed by atoms with Gasteiger partial charge in [-0.15, -0.1) is 0 Å². The molecule has 3 nitrogen and oxygen atoms in total. The molecule has 0 radical (unpaired) electrons. The number of hydrogen-bond donors (Lipinski definition) is 1. The maximum absolute atomic E-state index is 9.24. The maximum Gasteiger partial charge on any atom is 0.119 e. The predicted molar refractivity (Wildman–Crippen MR) is 73.0 cm³/mol. The Morgan fingerprint density at radius 3 is 3.11 bits per heavy atom. The molecule has 1 N–H and O–H groups in total. The van der Waals surface area contributed by atoms with E-state index < -0.39 is 0 Å². The number of ether oxygens (including phenoxy) is 1. The van der Waals surface area contributed by atoms with Crippen LogP contribution in [0.15, 0.2) is 24.3 Å². The van der Waals surface area contributed by atoms with Crippen molar-refractivity contribution in [1.82, 2.24) is 4.90 Å². The van der Waals surface area contributed by atoms with Gasteiger partial charge < -0.3 is 9.84 Å². The van der Waals surface area contributed by atoms with Gasteiger partial charge in [-0.1, -0.05) is 19.1 Å². The zero-order valence-electron chi connectivity index (χ0n) is 11.1. The molecule has 0 aliphatic carbocycles. The molecule has 1 aromatic carbocycles. The number of aliphatic hydroxyl groups is 1. The lowest BCUT2D eigenvalue weighted by atomic mass is 10.2. The van der Waals surface area contributed by atoms with Crippen molar-refractivity contribution in [3.8, 4) is 5.75 Å². The topological polar surface area (TPSA) is 32.7 Å². The molecule has 1 saturated heterocycles. The molecule has 0 spiro atoms. The van der Waals surface area contributed by atoms with Gasteiger partial charge in [0.2, 0.25) is 0 Å². The summed E-state index contributed by atoms with van der Waals surface area (Å²) in [6.07, 6.45) is 3.34. The zero-order valence-corrected chi connectivity index (χ0v) is 11.1. The summed E-state index contributed by atoms with van der Waals surface area (Å²) in [7, 11) is 0. The Kier molecular flexibility index (Phi) is 5.02. The highest BCUT2D eigenvalue weighted by molar-refractivity contribution is 5.28. The highest BCUT2D eigenvalue weighted by Gasteiger charge is 2.22. The van der Waals surface area contributed by atoms with Crippen LogP contribution in [0.4, 0.5) is 0 Å². The molecule has 1 fully saturated rings. The van der Waals surface area contributed by atoms with Gasteiger partial charge in [-0.25, -0.2) is 0 Å². The third-order valence-corrected chi connectivity index (χ3v) is 3.66. The SMILES string of the molecule is CCc1cccc(OCCN2CCC[C@@H]2CO)c1. The van der Waals surface area contributed by atoms with Crippen molar-refractivity contribution in [3.63, 3.8) is 0 Å². The van der Waals surface area contributed by atoms with Crippen LogP contribution in [0.25, 0.3) is 0 Å². The molecule has 1 aliphatic heterocycles. The molecule has 0 amide bonds. The van der Waals surface area contributed by atoms with E-state index in [0.29, 0.717) is 12.6 Å². The standard InChI is InChI=1S/C15H23NO2/c1-2-13-5-3-7-15(11-13)18-10-9-16-8-4-6-14(16)12-17/h3,5,7,11,14,17H,2,4,6,8-10,12H2,1H3/t14-/m1/s1. The van der Waals surface area contributed by atoms with Gasteiger partial charge in [0.05, 0.1) is 6.61 Å². The fourth-order valence-corrected chi connectivity index (χ4v) is 2.53. The van der Waals surface area contributed by atoms with E-state index in [1.807, 2.05) is 12.1 Å². The van der Waals surface area contributed by atoms with Crippen LogP contribution in [-0.4, -0.2) is 42.4 Å². The molecule has 0 unspecified atom stereocenters. The molecule has 1 atom stereocenters. The first kappa shape index (κ1) is 13.4. The van der Waals surface area contributed by atoms with Gasteiger partial charge in [-0.05, 0) is 43.5 Å². The molecule has 100 valence electrons. The van der Waals surface area contributed by atoms with E-state index in [9.17, 15) is 5.11 Å². The van der Waals surface area contributed by atoms with Gasteiger partial charge in [-0.2, -0.15) is 0 Å². The van der Waals surface area contributed by atoms with Crippen LogP contribution in [0.1, 0.15) is 25.3 Å². The van der Waals surface area contributed by atoms with Crippen molar-refractivity contribution in [1.29, 1.82) is 0 Å². The van der Waals surface area contributed by atoms with Crippen LogP contribution in [0.5, 0.6) is 5.75 Å². The molecule has 18 heavy (non-hydrogen) atoms. The van der Waals surface area contributed by atoms with E-state index >= 15 is 0 Å². The molecule has 3 heteroatoms. The third kappa shape index (κ3) is 3.47. The van der Waals surface area contributed by atoms with E-state index in [4.69, 9.17) is 4.74 Å². The smallest absolute Gasteiger partial charge is 0.119 e. The fourth-order valence-electron chi connectivity index (χ4n) is 2.53. The number of aryl methyl sites for hydroxylation is 1. The number of likely N-dealkylation sites (tertiary alicyclic amines) is 1. The van der Waals surface area contributed by atoms with Crippen molar-refractivity contribution in [2.75, 3.05) is 26.3 Å². The maximum atomic E-state index is 9.24. The molecular weight excluding hydrogens is 226 g/mol. The summed E-state index contributed by atoms with van der Waals surface area (Å²) in [6, 6.07) is 8.62. The first-order chi connectivity index (χ1) is 8.83. The summed E-state index contributed by atoms with van der Waals surface area (Å²) in [4.78, 5) is 2.32. The third-order valence-electron chi connectivity index (χ3n) is 3.66. The van der Waals surface area contributed by atoms with E-state index in [1.165, 1.54) is 12.0 Å². The summed E-state index contributed by atoms with van der Waals surface area (Å²) in [5, 5.41) is 9.24. The average Bonchev–Trinajstić information content (AvgIpc) is 2.86. The number of nitrogens with zero attached hydrogens (tertiary/aromatic N) is 1. The molecular formula is C15H23NO2. The van der Waals surface area contributed by atoms with Crippen LogP contribution < -0.4 is 4.74 Å². The second-order valence-corrected chi connectivity index (χ2v) is 4.86. The van der Waals surface area contributed by atoms with Crippen molar-refractivity contribution < 1.29 is 9.84 Å². The minimum atomic E-state index is 0.269. The first-order valence-corrected chi connectivity index (χ1v) is 6.90. The highest BCUT2D eigenvalue weighted by Crippen LogP contribution is 2.17. The molecule has 1 heterocycles. The average molecular weight is 249 g/mol. The van der Waals surface area contributed by atoms with E-state index in [-0.39, 0.29) is 6.61 Å². The Hall–Kier alpha value is -1.06. The Bertz CT molecular complexity index is 367. The van der Waals surface area contributed by atoms with Gasteiger partial charge in [0.1, 0.15) is 12.4 Å². The van der Waals surface area contributed by atoms with Crippen LogP contribution in [0.3, 0.4) is 0 Å². The minimum absolute atomic E-state index is 0.269. The van der Waals surface area contributed by atoms with Crippen molar-refractivity contribution in [3.05, 3.63) is 29.8 Å². The molecule has 1 aliphatic rings. The Balaban J connectivity index is 1.77. The van der Waals surface area contributed by atoms with Crippen LogP contribution in [-0.2, 0) is 6.42 Å². The molecule has 0 saturated carbocycles. The lowest BCUT2D eigenvalue weighted by molar-refractivity contribution is 0.139. The van der Waals surface area contributed by atoms with Gasteiger partial charge in [0.15, 0.2) is 0 Å². The molecule has 2 rings (SSSR count). The number of rotatable bonds is 6. The number of aliphatic hydroxyl groups excluding tert-OH is 1. The Morgan fingerprint density at radius 1 is 1.44 bits per heavy atom. The number of hydrogen-bond acceptors (Lipinski definition) is 3. The highest BCUT2D eigenvalue weighted by atomic mass is 16.5. The Morgan fingerprint density at radius 2 is 2.33 bits per heavy atom. The van der Waals surface area contributed by atoms with E-state index in [2.05, 4.69) is 24.0 Å². The van der Waals surface area contributed by atoms with Crippen LogP contribution >= 0.6 is 0 Å². The van der Waals surface area contributed by atoms with Gasteiger partial charge >= 0.3 is 0 Å². The number of benzene rings is 1. The van der Waals surface area contributed by atoms with Gasteiger partial charge in [0, 0.05) is 12.6 Å². The van der Waals surface area contributed by atoms with Crippen molar-refractivity contribution in [2.24, 2.45) is 0 Å². The van der Waals surface area contributed by atoms with Crippen molar-refractivity contribution >= 4 is 0 Å². The first-order valence-electron chi connectivity index (χ1n) is 6.90.